The molecule has 3 N–H and O–H groups in total. The number of anilines is 1. The zero-order chi connectivity index (χ0) is 17.8. The van der Waals surface area contributed by atoms with E-state index in [0.717, 1.165) is 12.8 Å². The number of amides is 2. The number of halogens is 1. The predicted octanol–water partition coefficient (Wildman–Crippen LogP) is 1.20. The van der Waals surface area contributed by atoms with Crippen LogP contribution >= 0.6 is 11.6 Å². The Morgan fingerprint density at radius 2 is 2.20 bits per heavy atom. The maximum Gasteiger partial charge on any atom is 0.238 e. The normalized spacial score (nSPS) is 18.0. The van der Waals surface area contributed by atoms with Crippen LogP contribution in [-0.4, -0.2) is 50.6 Å². The molecule has 0 saturated carbocycles. The van der Waals surface area contributed by atoms with Gasteiger partial charge in [-0.05, 0) is 37.6 Å². The molecule has 1 aromatic heterocycles. The van der Waals surface area contributed by atoms with E-state index >= 15 is 0 Å². The van der Waals surface area contributed by atoms with E-state index < -0.39 is 11.9 Å². The standard InChI is InChI=1S/C16H19ClN6O2/c17-11-4-5-13(23-10-19-9-20-23)12(7-11)21-15(24)8-22-6-2-1-3-14(22)16(18)25/h4-5,7,9-10,14H,1-3,6,8H2,(H2,18,25)(H,21,24). The highest BCUT2D eigenvalue weighted by molar-refractivity contribution is 6.31. The number of aromatic nitrogens is 3. The third-order valence-corrected chi connectivity index (χ3v) is 4.42. The number of rotatable bonds is 5. The molecule has 2 aromatic rings. The summed E-state index contributed by atoms with van der Waals surface area (Å²) >= 11 is 6.05. The van der Waals surface area contributed by atoms with E-state index in [9.17, 15) is 9.59 Å². The van der Waals surface area contributed by atoms with Gasteiger partial charge in [0.2, 0.25) is 11.8 Å². The van der Waals surface area contributed by atoms with Gasteiger partial charge in [0.1, 0.15) is 12.7 Å². The first kappa shape index (κ1) is 17.4. The minimum atomic E-state index is -0.395. The van der Waals surface area contributed by atoms with Gasteiger partial charge < -0.3 is 11.1 Å². The molecule has 1 aliphatic rings. The van der Waals surface area contributed by atoms with Gasteiger partial charge in [-0.25, -0.2) is 9.67 Å². The number of benzene rings is 1. The number of piperidine rings is 1. The summed E-state index contributed by atoms with van der Waals surface area (Å²) in [4.78, 5) is 29.8. The third-order valence-electron chi connectivity index (χ3n) is 4.19. The van der Waals surface area contributed by atoms with Gasteiger partial charge in [-0.1, -0.05) is 18.0 Å². The lowest BCUT2D eigenvalue weighted by atomic mass is 10.0. The summed E-state index contributed by atoms with van der Waals surface area (Å²) in [7, 11) is 0. The average Bonchev–Trinajstić information content (AvgIpc) is 3.09. The van der Waals surface area contributed by atoms with E-state index in [1.165, 1.54) is 12.7 Å². The number of hydrogen-bond donors (Lipinski definition) is 2. The Kier molecular flexibility index (Phi) is 5.30. The van der Waals surface area contributed by atoms with Gasteiger partial charge in [0.25, 0.3) is 0 Å². The molecule has 25 heavy (non-hydrogen) atoms. The van der Waals surface area contributed by atoms with Crippen LogP contribution < -0.4 is 11.1 Å². The SMILES string of the molecule is NC(=O)C1CCCCN1CC(=O)Nc1cc(Cl)ccc1-n1cncn1. The Labute approximate surface area is 150 Å². The van der Waals surface area contributed by atoms with E-state index in [1.807, 2.05) is 4.90 Å². The highest BCUT2D eigenvalue weighted by Crippen LogP contribution is 2.24. The van der Waals surface area contributed by atoms with Crippen LogP contribution in [0.5, 0.6) is 0 Å². The summed E-state index contributed by atoms with van der Waals surface area (Å²) in [6.45, 7) is 0.767. The summed E-state index contributed by atoms with van der Waals surface area (Å²) in [6.07, 6.45) is 5.51. The molecule has 1 aromatic carbocycles. The van der Waals surface area contributed by atoms with Crippen molar-refractivity contribution in [3.63, 3.8) is 0 Å². The van der Waals surface area contributed by atoms with Crippen LogP contribution in [0.1, 0.15) is 19.3 Å². The highest BCUT2D eigenvalue weighted by atomic mass is 35.5. The van der Waals surface area contributed by atoms with Crippen LogP contribution in [0.2, 0.25) is 5.02 Å². The molecule has 3 rings (SSSR count). The van der Waals surface area contributed by atoms with Gasteiger partial charge in [-0.2, -0.15) is 5.10 Å². The van der Waals surface area contributed by atoms with Gasteiger partial charge in [0, 0.05) is 5.02 Å². The maximum atomic E-state index is 12.5. The Bertz CT molecular complexity index is 764. The minimum Gasteiger partial charge on any atom is -0.368 e. The first-order valence-corrected chi connectivity index (χ1v) is 8.40. The molecular formula is C16H19ClN6O2. The third kappa shape index (κ3) is 4.15. The Balaban J connectivity index is 1.75. The van der Waals surface area contributed by atoms with E-state index in [1.54, 1.807) is 22.9 Å². The van der Waals surface area contributed by atoms with Crippen molar-refractivity contribution in [2.45, 2.75) is 25.3 Å². The summed E-state index contributed by atoms with van der Waals surface area (Å²) < 4.78 is 1.54. The monoisotopic (exact) mass is 362 g/mol. The molecule has 1 fully saturated rings. The molecule has 1 unspecified atom stereocenters. The van der Waals surface area contributed by atoms with Crippen LogP contribution in [0.25, 0.3) is 5.69 Å². The fourth-order valence-electron chi connectivity index (χ4n) is 3.02. The molecule has 0 aliphatic carbocycles. The topological polar surface area (TPSA) is 106 Å². The van der Waals surface area contributed by atoms with Crippen molar-refractivity contribution in [2.24, 2.45) is 5.73 Å². The fraction of sp³-hybridized carbons (Fsp3) is 0.375. The number of nitrogens with one attached hydrogen (secondary N) is 1. The zero-order valence-corrected chi connectivity index (χ0v) is 14.3. The lowest BCUT2D eigenvalue weighted by Gasteiger charge is -2.32. The largest absolute Gasteiger partial charge is 0.368 e. The fourth-order valence-corrected chi connectivity index (χ4v) is 3.19. The van der Waals surface area contributed by atoms with Crippen molar-refractivity contribution >= 4 is 29.1 Å². The van der Waals surface area contributed by atoms with Crippen LogP contribution in [0.4, 0.5) is 5.69 Å². The highest BCUT2D eigenvalue weighted by Gasteiger charge is 2.28. The second-order valence-corrected chi connectivity index (χ2v) is 6.37. The molecule has 2 heterocycles. The zero-order valence-electron chi connectivity index (χ0n) is 13.6. The lowest BCUT2D eigenvalue weighted by molar-refractivity contribution is -0.126. The van der Waals surface area contributed by atoms with E-state index in [4.69, 9.17) is 17.3 Å². The second kappa shape index (κ2) is 7.62. The molecule has 0 radical (unpaired) electrons. The van der Waals surface area contributed by atoms with E-state index in [0.29, 0.717) is 29.4 Å². The first-order valence-electron chi connectivity index (χ1n) is 8.02. The Morgan fingerprint density at radius 3 is 2.92 bits per heavy atom. The Hall–Kier alpha value is -2.45. The van der Waals surface area contributed by atoms with Gasteiger partial charge in [-0.3, -0.25) is 14.5 Å². The molecular weight excluding hydrogens is 344 g/mol. The van der Waals surface area contributed by atoms with E-state index in [2.05, 4.69) is 15.4 Å². The number of nitrogens with zero attached hydrogens (tertiary/aromatic N) is 4. The first-order chi connectivity index (χ1) is 12.0. The summed E-state index contributed by atoms with van der Waals surface area (Å²) in [5, 5.41) is 7.41. The molecule has 1 atom stereocenters. The molecule has 1 aliphatic heterocycles. The molecule has 1 saturated heterocycles. The van der Waals surface area contributed by atoms with Crippen molar-refractivity contribution in [1.82, 2.24) is 19.7 Å². The predicted molar refractivity (Wildman–Crippen MR) is 93.4 cm³/mol. The van der Waals surface area contributed by atoms with Crippen LogP contribution in [0, 0.1) is 0 Å². The van der Waals surface area contributed by atoms with E-state index in [-0.39, 0.29) is 12.5 Å². The van der Waals surface area contributed by atoms with Gasteiger partial charge in [0.05, 0.1) is 24.0 Å². The van der Waals surface area contributed by atoms with Gasteiger partial charge in [0.15, 0.2) is 0 Å². The molecule has 132 valence electrons. The van der Waals surface area contributed by atoms with Gasteiger partial charge >= 0.3 is 0 Å². The Morgan fingerprint density at radius 1 is 1.36 bits per heavy atom. The van der Waals surface area contributed by atoms with Crippen molar-refractivity contribution in [2.75, 3.05) is 18.4 Å². The lowest BCUT2D eigenvalue weighted by Crippen LogP contribution is -2.50. The van der Waals surface area contributed by atoms with Crippen LogP contribution in [0.15, 0.2) is 30.9 Å². The smallest absolute Gasteiger partial charge is 0.238 e. The average molecular weight is 363 g/mol. The van der Waals surface area contributed by atoms with Crippen LogP contribution in [-0.2, 0) is 9.59 Å². The second-order valence-electron chi connectivity index (χ2n) is 5.93. The number of primary amides is 1. The molecule has 9 heteroatoms. The molecule has 8 nitrogen and oxygen atoms in total. The van der Waals surface area contributed by atoms with Crippen LogP contribution in [0.3, 0.4) is 0 Å². The molecule has 2 amide bonds. The summed E-state index contributed by atoms with van der Waals surface area (Å²) in [6, 6.07) is 4.72. The van der Waals surface area contributed by atoms with Crippen molar-refractivity contribution < 1.29 is 9.59 Å². The summed E-state index contributed by atoms with van der Waals surface area (Å²) in [5.74, 6) is -0.629. The maximum absolute atomic E-state index is 12.5. The number of hydrogen-bond acceptors (Lipinski definition) is 5. The van der Waals surface area contributed by atoms with Crippen molar-refractivity contribution in [1.29, 1.82) is 0 Å². The number of likely N-dealkylation sites (tertiary alicyclic amines) is 1. The number of carbonyl (C=O) groups is 2. The number of nitrogens with two attached hydrogens (primary N) is 1. The number of carbonyl (C=O) groups excluding carboxylic acids is 2. The van der Waals surface area contributed by atoms with Gasteiger partial charge in [-0.15, -0.1) is 0 Å². The van der Waals surface area contributed by atoms with Crippen molar-refractivity contribution in [3.05, 3.63) is 35.9 Å². The van der Waals surface area contributed by atoms with Crippen molar-refractivity contribution in [3.8, 4) is 5.69 Å². The molecule has 0 spiro atoms. The molecule has 0 bridgehead atoms. The minimum absolute atomic E-state index is 0.0942. The quantitative estimate of drug-likeness (QED) is 0.831. The summed E-state index contributed by atoms with van der Waals surface area (Å²) in [5.41, 5.74) is 6.62.